The van der Waals surface area contributed by atoms with Crippen molar-refractivity contribution in [2.45, 2.75) is 156 Å². The van der Waals surface area contributed by atoms with Crippen molar-refractivity contribution in [2.24, 2.45) is 10.8 Å². The van der Waals surface area contributed by atoms with Crippen LogP contribution in [0.5, 0.6) is 0 Å². The van der Waals surface area contributed by atoms with Crippen LogP contribution in [0, 0.1) is 10.8 Å². The van der Waals surface area contributed by atoms with Gasteiger partial charge in [0.05, 0.1) is 0 Å². The number of benzene rings is 4. The molecule has 0 spiro atoms. The van der Waals surface area contributed by atoms with Crippen LogP contribution < -0.4 is 0 Å². The first-order valence-electron chi connectivity index (χ1n) is 23.4. The van der Waals surface area contributed by atoms with Gasteiger partial charge in [-0.2, -0.15) is 12.1 Å². The topological polar surface area (TPSA) is 0 Å². The van der Waals surface area contributed by atoms with Gasteiger partial charge in [-0.15, -0.1) is 69.1 Å². The zero-order valence-corrected chi connectivity index (χ0v) is 42.8. The van der Waals surface area contributed by atoms with Crippen LogP contribution in [0.2, 0.25) is 13.1 Å². The molecule has 2 radical (unpaired) electrons. The van der Waals surface area contributed by atoms with Crippen LogP contribution in [0.15, 0.2) is 109 Å². The van der Waals surface area contributed by atoms with E-state index in [0.717, 1.165) is 22.4 Å². The van der Waals surface area contributed by atoms with E-state index < -0.39 is 20.8 Å². The Morgan fingerprint density at radius 1 is 0.533 bits per heavy atom. The molecule has 0 heterocycles. The first-order chi connectivity index (χ1) is 29.3. The Morgan fingerprint density at radius 3 is 1.20 bits per heavy atom. The van der Waals surface area contributed by atoms with E-state index in [2.05, 4.69) is 150 Å². The SMILES string of the molecule is CCCC1(Cc2cc3c(-c4ccc(CC)cc4)cccc3[cH-]2)CCCCC1.CCCC1(Cc2cc3c(-c4ccc(CC)cc4)cccc3[cH-]2)CCCCC1.C[Si]C.[Cl][Zr+2][Cl]. The number of fused-ring (bicyclic) bond motifs is 2. The molecular formula is C56H72Cl2SiZr. The first-order valence-corrected chi connectivity index (χ1v) is 31.7. The molecule has 4 heteroatoms. The van der Waals surface area contributed by atoms with Crippen molar-refractivity contribution in [3.8, 4) is 22.3 Å². The van der Waals surface area contributed by atoms with E-state index in [9.17, 15) is 0 Å². The van der Waals surface area contributed by atoms with Crippen molar-refractivity contribution >= 4 is 48.1 Å². The van der Waals surface area contributed by atoms with Crippen LogP contribution in [-0.2, 0) is 46.5 Å². The zero-order valence-electron chi connectivity index (χ0n) is 37.9. The van der Waals surface area contributed by atoms with Crippen molar-refractivity contribution in [1.82, 2.24) is 0 Å². The molecule has 6 aromatic rings. The monoisotopic (exact) mass is 932 g/mol. The molecule has 2 saturated carbocycles. The molecule has 0 nitrogen and oxygen atoms in total. The molecule has 0 amide bonds. The molecule has 0 saturated heterocycles. The average molecular weight is 935 g/mol. The Labute approximate surface area is 386 Å². The fourth-order valence-electron chi connectivity index (χ4n) is 10.7. The van der Waals surface area contributed by atoms with Crippen molar-refractivity contribution in [3.05, 3.63) is 131 Å². The molecule has 0 unspecified atom stereocenters. The van der Waals surface area contributed by atoms with E-state index in [0.29, 0.717) is 10.8 Å². The Morgan fingerprint density at radius 2 is 0.883 bits per heavy atom. The van der Waals surface area contributed by atoms with Gasteiger partial charge in [-0.3, -0.25) is 0 Å². The van der Waals surface area contributed by atoms with E-state index >= 15 is 0 Å². The van der Waals surface area contributed by atoms with Crippen LogP contribution in [0.3, 0.4) is 0 Å². The van der Waals surface area contributed by atoms with Gasteiger partial charge < -0.3 is 0 Å². The van der Waals surface area contributed by atoms with Gasteiger partial charge in [0.1, 0.15) is 0 Å². The summed E-state index contributed by atoms with van der Waals surface area (Å²) in [6, 6.07) is 41.8. The Bertz CT molecular complexity index is 1940. The van der Waals surface area contributed by atoms with E-state index in [4.69, 9.17) is 17.0 Å². The van der Waals surface area contributed by atoms with Crippen LogP contribution in [0.25, 0.3) is 43.8 Å². The Balaban J connectivity index is 0.000000201. The second-order valence-corrected chi connectivity index (χ2v) is 22.7. The summed E-state index contributed by atoms with van der Waals surface area (Å²) in [5.74, 6) is 0. The molecule has 0 atom stereocenters. The normalized spacial score (nSPS) is 15.5. The van der Waals surface area contributed by atoms with Gasteiger partial charge in [-0.25, -0.2) is 0 Å². The predicted molar refractivity (Wildman–Crippen MR) is 266 cm³/mol. The third-order valence-corrected chi connectivity index (χ3v) is 13.5. The summed E-state index contributed by atoms with van der Waals surface area (Å²) in [7, 11) is 11.0. The average Bonchev–Trinajstić information content (AvgIpc) is 3.88. The summed E-state index contributed by atoms with van der Waals surface area (Å²) in [4.78, 5) is 0. The minimum atomic E-state index is -0.826. The number of hydrogen-bond acceptors (Lipinski definition) is 0. The quantitative estimate of drug-likeness (QED) is 0.0847. The van der Waals surface area contributed by atoms with Gasteiger partial charge in [-0.1, -0.05) is 164 Å². The zero-order chi connectivity index (χ0) is 42.8. The van der Waals surface area contributed by atoms with Gasteiger partial charge in [-0.05, 0) is 97.3 Å². The van der Waals surface area contributed by atoms with E-state index in [-0.39, 0.29) is 0 Å². The first kappa shape index (κ1) is 48.8. The fraction of sp³-hybridized carbons (Fsp3) is 0.464. The molecule has 0 aromatic heterocycles. The van der Waals surface area contributed by atoms with Crippen molar-refractivity contribution in [1.29, 1.82) is 0 Å². The Kier molecular flexibility index (Phi) is 20.5. The van der Waals surface area contributed by atoms with Crippen molar-refractivity contribution in [2.75, 3.05) is 0 Å². The number of hydrogen-bond donors (Lipinski definition) is 0. The summed E-state index contributed by atoms with van der Waals surface area (Å²) in [6.07, 6.45) is 24.4. The summed E-state index contributed by atoms with van der Waals surface area (Å²) in [5.41, 5.74) is 12.5. The molecule has 6 aromatic carbocycles. The predicted octanol–water partition coefficient (Wildman–Crippen LogP) is 18.3. The number of aryl methyl sites for hydroxylation is 2. The molecule has 2 fully saturated rings. The molecule has 318 valence electrons. The molecule has 2 aliphatic rings. The van der Waals surface area contributed by atoms with Crippen LogP contribution in [0.1, 0.15) is 140 Å². The van der Waals surface area contributed by atoms with Crippen molar-refractivity contribution in [3.63, 3.8) is 0 Å². The van der Waals surface area contributed by atoms with E-state index in [1.165, 1.54) is 158 Å². The van der Waals surface area contributed by atoms with Crippen LogP contribution in [0.4, 0.5) is 0 Å². The van der Waals surface area contributed by atoms with E-state index in [1.54, 1.807) is 11.1 Å². The summed E-state index contributed by atoms with van der Waals surface area (Å²) >= 11 is -0.826. The third kappa shape index (κ3) is 13.4. The molecule has 8 rings (SSSR count). The summed E-state index contributed by atoms with van der Waals surface area (Å²) in [5, 5.41) is 5.67. The summed E-state index contributed by atoms with van der Waals surface area (Å²) < 4.78 is 0. The third-order valence-electron chi connectivity index (χ3n) is 13.5. The second-order valence-electron chi connectivity index (χ2n) is 18.0. The van der Waals surface area contributed by atoms with Gasteiger partial charge in [0.2, 0.25) is 0 Å². The summed E-state index contributed by atoms with van der Waals surface area (Å²) in [6.45, 7) is 13.5. The molecule has 0 N–H and O–H groups in total. The van der Waals surface area contributed by atoms with Crippen LogP contribution in [-0.4, -0.2) is 9.52 Å². The number of halogens is 2. The maximum absolute atomic E-state index is 4.93. The molecule has 0 aliphatic heterocycles. The Hall–Kier alpha value is -2.22. The van der Waals surface area contributed by atoms with Gasteiger partial charge in [0.15, 0.2) is 0 Å². The van der Waals surface area contributed by atoms with Gasteiger partial charge >= 0.3 is 37.9 Å². The maximum atomic E-state index is 4.93. The van der Waals surface area contributed by atoms with Gasteiger partial charge in [0.25, 0.3) is 0 Å². The van der Waals surface area contributed by atoms with Crippen molar-refractivity contribution < 1.29 is 20.8 Å². The molecule has 0 bridgehead atoms. The standard InChI is InChI=1S/2C27H33.C2H6Si.2ClH.Zr/c2*1-3-15-27(16-6-5-7-17-27)20-22-18-24-9-8-10-25(26(24)19-22)23-13-11-21(4-2)12-14-23;1-3-2;;;/h2*8-14,18-19H,3-7,15-17,20H2,1-2H3;1-2H3;2*1H;/q2*-1;;;;+4/p-2. The molecular weight excluding hydrogens is 863 g/mol. The minimum absolute atomic E-state index is 0.556. The number of rotatable bonds is 12. The van der Waals surface area contributed by atoms with Crippen LogP contribution >= 0.6 is 17.0 Å². The van der Waals surface area contributed by atoms with Gasteiger partial charge in [0, 0.05) is 9.52 Å². The second kappa shape index (κ2) is 25.2. The fourth-order valence-corrected chi connectivity index (χ4v) is 10.7. The van der Waals surface area contributed by atoms with E-state index in [1.807, 2.05) is 0 Å². The molecule has 60 heavy (non-hydrogen) atoms. The molecule has 2 aliphatic carbocycles.